The van der Waals surface area contributed by atoms with Gasteiger partial charge in [-0.1, -0.05) is 23.8 Å². The Morgan fingerprint density at radius 3 is 2.46 bits per heavy atom. The maximum absolute atomic E-state index is 12.6. The fraction of sp³-hybridized carbons (Fsp3) is 0.263. The number of amides is 2. The van der Waals surface area contributed by atoms with Crippen LogP contribution < -0.4 is 10.2 Å². The maximum Gasteiger partial charge on any atom is 0.414 e. The molecule has 24 heavy (non-hydrogen) atoms. The van der Waals surface area contributed by atoms with Gasteiger partial charge in [0.1, 0.15) is 6.61 Å². The topological polar surface area (TPSA) is 58.6 Å². The first kappa shape index (κ1) is 16.1. The molecule has 0 bridgehead atoms. The van der Waals surface area contributed by atoms with Crippen LogP contribution in [0.5, 0.6) is 0 Å². The van der Waals surface area contributed by atoms with Crippen molar-refractivity contribution in [2.24, 2.45) is 0 Å². The number of rotatable bonds is 3. The highest BCUT2D eigenvalue weighted by Gasteiger charge is 2.24. The van der Waals surface area contributed by atoms with Crippen molar-refractivity contribution in [2.75, 3.05) is 23.4 Å². The lowest BCUT2D eigenvalue weighted by atomic mass is 10.0. The van der Waals surface area contributed by atoms with Crippen LogP contribution in [-0.2, 0) is 4.74 Å². The van der Waals surface area contributed by atoms with E-state index in [0.717, 1.165) is 22.4 Å². The summed E-state index contributed by atoms with van der Waals surface area (Å²) in [6.45, 7) is 6.86. The van der Waals surface area contributed by atoms with E-state index < -0.39 is 0 Å². The van der Waals surface area contributed by atoms with Crippen LogP contribution >= 0.6 is 0 Å². The summed E-state index contributed by atoms with van der Waals surface area (Å²) in [5.74, 6) is -0.195. The highest BCUT2D eigenvalue weighted by Crippen LogP contribution is 2.24. The summed E-state index contributed by atoms with van der Waals surface area (Å²) in [6, 6.07) is 11.1. The lowest BCUT2D eigenvalue weighted by Crippen LogP contribution is -2.24. The number of anilines is 2. The molecule has 0 radical (unpaired) electrons. The van der Waals surface area contributed by atoms with Crippen LogP contribution in [0.15, 0.2) is 36.4 Å². The number of hydrogen-bond donors (Lipinski definition) is 1. The average Bonchev–Trinajstić information content (AvgIpc) is 2.97. The van der Waals surface area contributed by atoms with Gasteiger partial charge >= 0.3 is 6.09 Å². The van der Waals surface area contributed by atoms with Gasteiger partial charge in [-0.3, -0.25) is 9.69 Å². The van der Waals surface area contributed by atoms with Crippen LogP contribution in [0.2, 0.25) is 0 Å². The van der Waals surface area contributed by atoms with E-state index in [0.29, 0.717) is 24.4 Å². The third-order valence-electron chi connectivity index (χ3n) is 4.10. The van der Waals surface area contributed by atoms with Gasteiger partial charge in [-0.15, -0.1) is 0 Å². The Kier molecular flexibility index (Phi) is 4.25. The van der Waals surface area contributed by atoms with Gasteiger partial charge in [0, 0.05) is 16.9 Å². The van der Waals surface area contributed by atoms with Gasteiger partial charge in [-0.25, -0.2) is 4.79 Å². The molecule has 1 heterocycles. The Hall–Kier alpha value is -2.82. The van der Waals surface area contributed by atoms with Crippen LogP contribution in [0.3, 0.4) is 0 Å². The van der Waals surface area contributed by atoms with E-state index in [9.17, 15) is 9.59 Å². The van der Waals surface area contributed by atoms with Crippen LogP contribution in [0.25, 0.3) is 0 Å². The minimum Gasteiger partial charge on any atom is -0.447 e. The lowest BCUT2D eigenvalue weighted by molar-refractivity contribution is 0.102. The molecule has 0 unspecified atom stereocenters. The van der Waals surface area contributed by atoms with E-state index >= 15 is 0 Å². The summed E-state index contributed by atoms with van der Waals surface area (Å²) in [4.78, 5) is 25.8. The first-order valence-electron chi connectivity index (χ1n) is 7.89. The van der Waals surface area contributed by atoms with Crippen molar-refractivity contribution >= 4 is 23.4 Å². The third kappa shape index (κ3) is 3.11. The minimum atomic E-state index is -0.377. The number of carbonyl (C=O) groups is 2. The normalized spacial score (nSPS) is 13.8. The SMILES string of the molecule is Cc1cc(C)c(NC(=O)c2cccc(N3CCOC3=O)c2)c(C)c1. The molecule has 124 valence electrons. The molecule has 3 rings (SSSR count). The summed E-state index contributed by atoms with van der Waals surface area (Å²) >= 11 is 0. The fourth-order valence-electron chi connectivity index (χ4n) is 3.01. The van der Waals surface area contributed by atoms with E-state index in [4.69, 9.17) is 4.74 Å². The van der Waals surface area contributed by atoms with Gasteiger partial charge in [-0.05, 0) is 50.1 Å². The molecule has 0 aliphatic carbocycles. The molecule has 2 amide bonds. The second kappa shape index (κ2) is 6.35. The number of ether oxygens (including phenoxy) is 1. The van der Waals surface area contributed by atoms with Crippen LogP contribution in [0, 0.1) is 20.8 Å². The maximum atomic E-state index is 12.6. The third-order valence-corrected chi connectivity index (χ3v) is 4.10. The van der Waals surface area contributed by atoms with E-state index in [1.54, 1.807) is 24.3 Å². The monoisotopic (exact) mass is 324 g/mol. The van der Waals surface area contributed by atoms with E-state index in [1.807, 2.05) is 32.9 Å². The zero-order valence-electron chi connectivity index (χ0n) is 14.1. The van der Waals surface area contributed by atoms with Crippen molar-refractivity contribution in [2.45, 2.75) is 20.8 Å². The standard InChI is InChI=1S/C19H20N2O3/c1-12-9-13(2)17(14(3)10-12)20-18(22)15-5-4-6-16(11-15)21-7-8-24-19(21)23/h4-6,9-11H,7-8H2,1-3H3,(H,20,22). The number of nitrogens with one attached hydrogen (secondary N) is 1. The molecular weight excluding hydrogens is 304 g/mol. The van der Waals surface area contributed by atoms with Gasteiger partial charge in [0.2, 0.25) is 0 Å². The zero-order valence-corrected chi connectivity index (χ0v) is 14.1. The second-order valence-corrected chi connectivity index (χ2v) is 6.04. The Balaban J connectivity index is 1.85. The number of cyclic esters (lactones) is 1. The summed E-state index contributed by atoms with van der Waals surface area (Å²) in [5, 5.41) is 2.98. The molecule has 5 heteroatoms. The van der Waals surface area contributed by atoms with Crippen molar-refractivity contribution in [3.05, 3.63) is 58.7 Å². The second-order valence-electron chi connectivity index (χ2n) is 6.04. The number of aryl methyl sites for hydroxylation is 3. The van der Waals surface area contributed by atoms with E-state index in [1.165, 1.54) is 4.90 Å². The smallest absolute Gasteiger partial charge is 0.414 e. The first-order valence-corrected chi connectivity index (χ1v) is 7.89. The Morgan fingerprint density at radius 1 is 1.12 bits per heavy atom. The molecule has 1 saturated heterocycles. The summed E-state index contributed by atoms with van der Waals surface area (Å²) < 4.78 is 4.94. The van der Waals surface area contributed by atoms with Gasteiger partial charge in [0.05, 0.1) is 6.54 Å². The van der Waals surface area contributed by atoms with Gasteiger partial charge in [0.25, 0.3) is 5.91 Å². The van der Waals surface area contributed by atoms with E-state index in [2.05, 4.69) is 5.32 Å². The summed E-state index contributed by atoms with van der Waals surface area (Å²) in [6.07, 6.45) is -0.377. The molecule has 0 saturated carbocycles. The Morgan fingerprint density at radius 2 is 1.83 bits per heavy atom. The molecule has 1 fully saturated rings. The number of carbonyl (C=O) groups excluding carboxylic acids is 2. The van der Waals surface area contributed by atoms with Crippen molar-refractivity contribution < 1.29 is 14.3 Å². The Labute approximate surface area is 141 Å². The van der Waals surface area contributed by atoms with Gasteiger partial charge < -0.3 is 10.1 Å². The molecule has 0 atom stereocenters. The molecular formula is C19H20N2O3. The van der Waals surface area contributed by atoms with Crippen LogP contribution in [0.4, 0.5) is 16.2 Å². The Bertz CT molecular complexity index is 791. The molecule has 0 aromatic heterocycles. The van der Waals surface area contributed by atoms with E-state index in [-0.39, 0.29) is 12.0 Å². The average molecular weight is 324 g/mol. The summed E-state index contributed by atoms with van der Waals surface area (Å²) in [7, 11) is 0. The molecule has 2 aromatic carbocycles. The summed E-state index contributed by atoms with van der Waals surface area (Å²) in [5.41, 5.74) is 5.23. The van der Waals surface area contributed by atoms with Crippen molar-refractivity contribution in [3.63, 3.8) is 0 Å². The minimum absolute atomic E-state index is 0.195. The van der Waals surface area contributed by atoms with Crippen LogP contribution in [-0.4, -0.2) is 25.2 Å². The van der Waals surface area contributed by atoms with Crippen LogP contribution in [0.1, 0.15) is 27.0 Å². The fourth-order valence-corrected chi connectivity index (χ4v) is 3.01. The number of benzene rings is 2. The molecule has 1 aliphatic rings. The molecule has 1 aliphatic heterocycles. The number of nitrogens with zero attached hydrogens (tertiary/aromatic N) is 1. The highest BCUT2D eigenvalue weighted by molar-refractivity contribution is 6.06. The van der Waals surface area contributed by atoms with Crippen molar-refractivity contribution in [3.8, 4) is 0 Å². The highest BCUT2D eigenvalue weighted by atomic mass is 16.6. The van der Waals surface area contributed by atoms with Crippen molar-refractivity contribution in [1.29, 1.82) is 0 Å². The lowest BCUT2D eigenvalue weighted by Gasteiger charge is -2.15. The largest absolute Gasteiger partial charge is 0.447 e. The van der Waals surface area contributed by atoms with Gasteiger partial charge in [-0.2, -0.15) is 0 Å². The van der Waals surface area contributed by atoms with Gasteiger partial charge in [0.15, 0.2) is 0 Å². The molecule has 5 nitrogen and oxygen atoms in total. The molecule has 0 spiro atoms. The quantitative estimate of drug-likeness (QED) is 0.933. The zero-order chi connectivity index (χ0) is 17.3. The molecule has 1 N–H and O–H groups in total. The number of hydrogen-bond acceptors (Lipinski definition) is 3. The predicted molar refractivity (Wildman–Crippen MR) is 93.7 cm³/mol. The van der Waals surface area contributed by atoms with Crippen molar-refractivity contribution in [1.82, 2.24) is 0 Å². The predicted octanol–water partition coefficient (Wildman–Crippen LogP) is 3.82. The molecule has 2 aromatic rings. The first-order chi connectivity index (χ1) is 11.5.